The average molecular weight is 245 g/mol. The fourth-order valence-corrected chi connectivity index (χ4v) is 2.98. The van der Waals surface area contributed by atoms with Crippen LogP contribution in [-0.4, -0.2) is 22.3 Å². The highest BCUT2D eigenvalue weighted by Gasteiger charge is 2.40. The van der Waals surface area contributed by atoms with Gasteiger partial charge in [-0.3, -0.25) is 0 Å². The lowest BCUT2D eigenvalue weighted by Gasteiger charge is -2.47. The summed E-state index contributed by atoms with van der Waals surface area (Å²) in [6, 6.07) is 10.2. The van der Waals surface area contributed by atoms with E-state index in [1.807, 2.05) is 18.2 Å². The second-order valence-electron chi connectivity index (χ2n) is 6.36. The van der Waals surface area contributed by atoms with E-state index in [1.54, 1.807) is 0 Å². The lowest BCUT2D eigenvalue weighted by Crippen LogP contribution is -2.60. The minimum atomic E-state index is -0.378. The summed E-state index contributed by atoms with van der Waals surface area (Å²) in [6.07, 6.45) is 2.47. The zero-order valence-corrected chi connectivity index (χ0v) is 11.7. The number of benzene rings is 1. The lowest BCUT2D eigenvalue weighted by molar-refractivity contribution is 0.0960. The van der Waals surface area contributed by atoms with Gasteiger partial charge >= 0.3 is 0 Å². The predicted molar refractivity (Wildman–Crippen MR) is 76.3 cm³/mol. The van der Waals surface area contributed by atoms with E-state index in [1.165, 1.54) is 0 Å². The van der Waals surface area contributed by atoms with Gasteiger partial charge in [0.2, 0.25) is 0 Å². The number of hydrogen-bond donors (Lipinski definition) is 2. The van der Waals surface area contributed by atoms with Crippen LogP contribution in [-0.2, 0) is 0 Å². The van der Waals surface area contributed by atoms with Gasteiger partial charge in [-0.2, -0.15) is 0 Å². The molecule has 2 heteroatoms. The van der Waals surface area contributed by atoms with Crippen molar-refractivity contribution in [3.05, 3.63) is 41.5 Å². The van der Waals surface area contributed by atoms with Crippen LogP contribution in [0.15, 0.2) is 35.9 Å². The van der Waals surface area contributed by atoms with Crippen molar-refractivity contribution in [1.82, 2.24) is 5.32 Å². The van der Waals surface area contributed by atoms with Gasteiger partial charge in [-0.15, -0.1) is 0 Å². The molecule has 0 aromatic heterocycles. The lowest BCUT2D eigenvalue weighted by atomic mass is 9.76. The zero-order valence-electron chi connectivity index (χ0n) is 11.7. The van der Waals surface area contributed by atoms with Crippen molar-refractivity contribution < 1.29 is 5.11 Å². The van der Waals surface area contributed by atoms with Crippen molar-refractivity contribution in [2.24, 2.45) is 0 Å². The van der Waals surface area contributed by atoms with Gasteiger partial charge < -0.3 is 10.4 Å². The minimum absolute atomic E-state index is 0.0308. The molecule has 0 saturated carbocycles. The molecule has 1 aliphatic rings. The predicted octanol–water partition coefficient (Wildman–Crippen LogP) is 2.98. The Morgan fingerprint density at radius 3 is 2.33 bits per heavy atom. The Morgan fingerprint density at radius 2 is 1.78 bits per heavy atom. The monoisotopic (exact) mass is 245 g/mol. The Kier molecular flexibility index (Phi) is 3.35. The van der Waals surface area contributed by atoms with Gasteiger partial charge in [0.15, 0.2) is 0 Å². The second kappa shape index (κ2) is 4.52. The molecular weight excluding hydrogens is 222 g/mol. The van der Waals surface area contributed by atoms with E-state index >= 15 is 0 Å². The Bertz CT molecular complexity index is 445. The Labute approximate surface area is 110 Å². The first-order chi connectivity index (χ1) is 8.30. The molecule has 0 amide bonds. The van der Waals surface area contributed by atoms with E-state index in [9.17, 15) is 5.11 Å². The molecule has 0 spiro atoms. The molecule has 1 heterocycles. The Balaban J connectivity index is 2.35. The van der Waals surface area contributed by atoms with Crippen LogP contribution in [0.5, 0.6) is 0 Å². The molecule has 2 nitrogen and oxygen atoms in total. The molecular formula is C16H23NO. The molecule has 1 aromatic carbocycles. The number of aliphatic hydroxyl groups is 1. The van der Waals surface area contributed by atoms with Crippen molar-refractivity contribution in [2.45, 2.75) is 51.3 Å². The van der Waals surface area contributed by atoms with Crippen LogP contribution < -0.4 is 5.32 Å². The molecule has 0 aliphatic carbocycles. The molecule has 1 atom stereocenters. The van der Waals surface area contributed by atoms with Crippen molar-refractivity contribution >= 4 is 6.08 Å². The summed E-state index contributed by atoms with van der Waals surface area (Å²) in [7, 11) is 0. The van der Waals surface area contributed by atoms with Crippen LogP contribution in [0.25, 0.3) is 6.08 Å². The quantitative estimate of drug-likeness (QED) is 0.797. The van der Waals surface area contributed by atoms with Crippen LogP contribution in [0.1, 0.15) is 39.7 Å². The fourth-order valence-electron chi connectivity index (χ4n) is 2.98. The number of rotatable bonds is 1. The Hall–Kier alpha value is -1.12. The summed E-state index contributed by atoms with van der Waals surface area (Å²) in [4.78, 5) is 0. The largest absolute Gasteiger partial charge is 0.389 e. The first-order valence-electron chi connectivity index (χ1n) is 6.55. The maximum atomic E-state index is 10.4. The normalized spacial score (nSPS) is 28.3. The summed E-state index contributed by atoms with van der Waals surface area (Å²) < 4.78 is 0. The molecule has 18 heavy (non-hydrogen) atoms. The smallest absolute Gasteiger partial charge is 0.0788 e. The van der Waals surface area contributed by atoms with E-state index in [0.29, 0.717) is 0 Å². The van der Waals surface area contributed by atoms with Gasteiger partial charge in [0, 0.05) is 11.1 Å². The number of hydrogen-bond acceptors (Lipinski definition) is 2. The fraction of sp³-hybridized carbons (Fsp3) is 0.500. The number of piperidine rings is 1. The van der Waals surface area contributed by atoms with Crippen molar-refractivity contribution in [1.29, 1.82) is 0 Å². The van der Waals surface area contributed by atoms with Crippen LogP contribution in [0.4, 0.5) is 0 Å². The van der Waals surface area contributed by atoms with Gasteiger partial charge in [-0.05, 0) is 45.3 Å². The van der Waals surface area contributed by atoms with Gasteiger partial charge in [-0.25, -0.2) is 0 Å². The maximum absolute atomic E-state index is 10.4. The van der Waals surface area contributed by atoms with Gasteiger partial charge in [0.25, 0.3) is 0 Å². The third-order valence-electron chi connectivity index (χ3n) is 3.56. The maximum Gasteiger partial charge on any atom is 0.0788 e. The van der Waals surface area contributed by atoms with Gasteiger partial charge in [0.1, 0.15) is 0 Å². The first kappa shape index (κ1) is 13.3. The summed E-state index contributed by atoms with van der Waals surface area (Å²) in [6.45, 7) is 8.53. The van der Waals surface area contributed by atoms with Gasteiger partial charge in [-0.1, -0.05) is 36.4 Å². The van der Waals surface area contributed by atoms with E-state index < -0.39 is 0 Å². The highest BCUT2D eigenvalue weighted by Crippen LogP contribution is 2.34. The molecule has 1 saturated heterocycles. The molecule has 0 radical (unpaired) electrons. The summed E-state index contributed by atoms with van der Waals surface area (Å²) in [5, 5.41) is 14.0. The van der Waals surface area contributed by atoms with Crippen LogP contribution >= 0.6 is 0 Å². The number of nitrogens with one attached hydrogen (secondary N) is 1. The summed E-state index contributed by atoms with van der Waals surface area (Å²) >= 11 is 0. The standard InChI is InChI=1S/C16H23NO/c1-15(2)11-14(18)13(16(3,4)17-15)10-12-8-6-5-7-9-12/h5-10,14,17-18H,11H2,1-4H3. The van der Waals surface area contributed by atoms with Crippen LogP contribution in [0, 0.1) is 0 Å². The molecule has 1 aromatic rings. The third kappa shape index (κ3) is 2.82. The van der Waals surface area contributed by atoms with Crippen molar-refractivity contribution in [3.63, 3.8) is 0 Å². The summed E-state index contributed by atoms with van der Waals surface area (Å²) in [5.74, 6) is 0. The van der Waals surface area contributed by atoms with E-state index in [-0.39, 0.29) is 17.2 Å². The highest BCUT2D eigenvalue weighted by molar-refractivity contribution is 5.57. The average Bonchev–Trinajstić information content (AvgIpc) is 2.23. The highest BCUT2D eigenvalue weighted by atomic mass is 16.3. The molecule has 1 fully saturated rings. The van der Waals surface area contributed by atoms with E-state index in [0.717, 1.165) is 17.6 Å². The second-order valence-corrected chi connectivity index (χ2v) is 6.36. The van der Waals surface area contributed by atoms with E-state index in [2.05, 4.69) is 51.2 Å². The van der Waals surface area contributed by atoms with Crippen LogP contribution in [0.2, 0.25) is 0 Å². The van der Waals surface area contributed by atoms with E-state index in [4.69, 9.17) is 0 Å². The van der Waals surface area contributed by atoms with Crippen LogP contribution in [0.3, 0.4) is 0 Å². The molecule has 98 valence electrons. The topological polar surface area (TPSA) is 32.3 Å². The number of aliphatic hydroxyl groups excluding tert-OH is 1. The molecule has 0 bridgehead atoms. The minimum Gasteiger partial charge on any atom is -0.389 e. The third-order valence-corrected chi connectivity index (χ3v) is 3.56. The summed E-state index contributed by atoms with van der Waals surface area (Å²) in [5.41, 5.74) is 1.99. The van der Waals surface area contributed by atoms with Gasteiger partial charge in [0.05, 0.1) is 6.10 Å². The molecule has 1 aliphatic heterocycles. The molecule has 1 unspecified atom stereocenters. The first-order valence-corrected chi connectivity index (χ1v) is 6.55. The SMILES string of the molecule is CC1(C)CC(O)C(=Cc2ccccc2)C(C)(C)N1. The zero-order chi connectivity index (χ0) is 13.4. The molecule has 2 rings (SSSR count). The van der Waals surface area contributed by atoms with Crippen molar-refractivity contribution in [3.8, 4) is 0 Å². The van der Waals surface area contributed by atoms with Crippen molar-refractivity contribution in [2.75, 3.05) is 0 Å². The molecule has 2 N–H and O–H groups in total. The Morgan fingerprint density at radius 1 is 1.17 bits per heavy atom.